The van der Waals surface area contributed by atoms with Crippen LogP contribution < -0.4 is 0 Å². The summed E-state index contributed by atoms with van der Waals surface area (Å²) in [5, 5.41) is 9.96. The first-order chi connectivity index (χ1) is 12.6. The third-order valence-electron chi connectivity index (χ3n) is 6.71. The average Bonchev–Trinajstić information content (AvgIpc) is 2.63. The van der Waals surface area contributed by atoms with E-state index in [0.717, 1.165) is 37.8 Å². The van der Waals surface area contributed by atoms with Crippen molar-refractivity contribution in [3.63, 3.8) is 0 Å². The minimum Gasteiger partial charge on any atom is -0.508 e. The van der Waals surface area contributed by atoms with Gasteiger partial charge in [0.05, 0.1) is 6.42 Å². The van der Waals surface area contributed by atoms with E-state index >= 15 is 0 Å². The maximum absolute atomic E-state index is 13.0. The minimum absolute atomic E-state index is 0.0885. The van der Waals surface area contributed by atoms with Crippen molar-refractivity contribution in [2.75, 3.05) is 6.54 Å². The van der Waals surface area contributed by atoms with Gasteiger partial charge in [-0.2, -0.15) is 0 Å². The molecule has 1 heterocycles. The maximum Gasteiger partial charge on any atom is 0.227 e. The van der Waals surface area contributed by atoms with Crippen LogP contribution in [-0.2, 0) is 16.6 Å². The van der Waals surface area contributed by atoms with Gasteiger partial charge in [0, 0.05) is 18.0 Å². The average molecular weight is 349 g/mol. The van der Waals surface area contributed by atoms with Crippen molar-refractivity contribution in [1.29, 1.82) is 0 Å². The standard InChI is InChI=1S/C23H27NO2/c1-17-21-11-6-12-23(17,19-9-5-10-20(25)16-19)13-14-24(21)22(26)15-18-7-3-2-4-8-18/h2-5,7-10,16-17,21,25H,6,11-15H2,1H3. The van der Waals surface area contributed by atoms with Crippen LogP contribution in [0.15, 0.2) is 54.6 Å². The summed E-state index contributed by atoms with van der Waals surface area (Å²) < 4.78 is 0. The summed E-state index contributed by atoms with van der Waals surface area (Å²) in [6.07, 6.45) is 4.84. The van der Waals surface area contributed by atoms with Crippen LogP contribution in [0.5, 0.6) is 5.75 Å². The Bertz CT molecular complexity index is 788. The molecule has 1 saturated carbocycles. The summed E-state index contributed by atoms with van der Waals surface area (Å²) in [4.78, 5) is 15.1. The quantitative estimate of drug-likeness (QED) is 0.898. The van der Waals surface area contributed by atoms with Crippen LogP contribution in [0.25, 0.3) is 0 Å². The van der Waals surface area contributed by atoms with Crippen molar-refractivity contribution in [2.24, 2.45) is 5.92 Å². The highest BCUT2D eigenvalue weighted by atomic mass is 16.3. The number of likely N-dealkylation sites (tertiary alicyclic amines) is 1. The predicted octanol–water partition coefficient (Wildman–Crippen LogP) is 4.29. The Hall–Kier alpha value is -2.29. The Morgan fingerprint density at radius 1 is 1.15 bits per heavy atom. The number of carbonyl (C=O) groups is 1. The number of hydrogen-bond acceptors (Lipinski definition) is 2. The first-order valence-electron chi connectivity index (χ1n) is 9.73. The van der Waals surface area contributed by atoms with Crippen molar-refractivity contribution in [3.8, 4) is 5.75 Å². The van der Waals surface area contributed by atoms with Crippen LogP contribution >= 0.6 is 0 Å². The largest absolute Gasteiger partial charge is 0.508 e. The third-order valence-corrected chi connectivity index (χ3v) is 6.71. The van der Waals surface area contributed by atoms with E-state index in [-0.39, 0.29) is 11.3 Å². The summed E-state index contributed by atoms with van der Waals surface area (Å²) in [5.74, 6) is 1.000. The van der Waals surface area contributed by atoms with E-state index in [0.29, 0.717) is 24.1 Å². The minimum atomic E-state index is 0.0885. The van der Waals surface area contributed by atoms with Crippen LogP contribution in [0.4, 0.5) is 0 Å². The molecule has 2 aromatic carbocycles. The molecule has 3 atom stereocenters. The number of rotatable bonds is 3. The molecule has 1 aliphatic carbocycles. The van der Waals surface area contributed by atoms with Gasteiger partial charge >= 0.3 is 0 Å². The molecule has 2 bridgehead atoms. The Kier molecular flexibility index (Phi) is 4.47. The number of phenolic OH excluding ortho intramolecular Hbond substituents is 1. The number of nitrogens with zero attached hydrogens (tertiary/aromatic N) is 1. The van der Waals surface area contributed by atoms with Crippen molar-refractivity contribution in [2.45, 2.75) is 50.5 Å². The van der Waals surface area contributed by atoms with E-state index in [1.165, 1.54) is 5.56 Å². The zero-order chi connectivity index (χ0) is 18.1. The molecule has 2 aromatic rings. The smallest absolute Gasteiger partial charge is 0.227 e. The summed E-state index contributed by atoms with van der Waals surface area (Å²) >= 11 is 0. The van der Waals surface area contributed by atoms with Crippen molar-refractivity contribution < 1.29 is 9.90 Å². The molecule has 3 heteroatoms. The molecule has 0 radical (unpaired) electrons. The number of aromatic hydroxyl groups is 1. The summed E-state index contributed by atoms with van der Waals surface area (Å²) in [6.45, 7) is 3.12. The zero-order valence-corrected chi connectivity index (χ0v) is 15.4. The fourth-order valence-corrected chi connectivity index (χ4v) is 5.29. The third kappa shape index (κ3) is 2.90. The number of piperidine rings is 1. The molecule has 0 spiro atoms. The molecular formula is C23H27NO2. The molecule has 4 rings (SSSR count). The number of fused-ring (bicyclic) bond motifs is 2. The van der Waals surface area contributed by atoms with Gasteiger partial charge in [0.1, 0.15) is 5.75 Å². The first kappa shape index (κ1) is 17.1. The second-order valence-electron chi connectivity index (χ2n) is 7.95. The lowest BCUT2D eigenvalue weighted by Crippen LogP contribution is -2.59. The van der Waals surface area contributed by atoms with E-state index < -0.39 is 0 Å². The number of benzene rings is 2. The molecule has 1 N–H and O–H groups in total. The van der Waals surface area contributed by atoms with Crippen molar-refractivity contribution >= 4 is 5.91 Å². The van der Waals surface area contributed by atoms with Gasteiger partial charge in [-0.15, -0.1) is 0 Å². The van der Waals surface area contributed by atoms with E-state index in [4.69, 9.17) is 0 Å². The van der Waals surface area contributed by atoms with Crippen LogP contribution in [-0.4, -0.2) is 28.5 Å². The monoisotopic (exact) mass is 349 g/mol. The lowest BCUT2D eigenvalue weighted by Gasteiger charge is -2.55. The molecule has 3 nitrogen and oxygen atoms in total. The fraction of sp³-hybridized carbons (Fsp3) is 0.435. The van der Waals surface area contributed by atoms with Gasteiger partial charge in [0.2, 0.25) is 5.91 Å². The van der Waals surface area contributed by atoms with Gasteiger partial charge in [-0.25, -0.2) is 0 Å². The lowest BCUT2D eigenvalue weighted by atomic mass is 9.57. The molecule has 2 fully saturated rings. The lowest BCUT2D eigenvalue weighted by molar-refractivity contribution is -0.139. The second-order valence-corrected chi connectivity index (χ2v) is 7.95. The van der Waals surface area contributed by atoms with Gasteiger partial charge in [-0.05, 0) is 48.4 Å². The van der Waals surface area contributed by atoms with Crippen molar-refractivity contribution in [3.05, 3.63) is 65.7 Å². The number of hydrogen-bond donors (Lipinski definition) is 1. The van der Waals surface area contributed by atoms with Gasteiger partial charge in [-0.1, -0.05) is 55.8 Å². The van der Waals surface area contributed by atoms with Gasteiger partial charge < -0.3 is 10.0 Å². The van der Waals surface area contributed by atoms with Crippen LogP contribution in [0.2, 0.25) is 0 Å². The van der Waals surface area contributed by atoms with E-state index in [2.05, 4.69) is 17.9 Å². The fourth-order valence-electron chi connectivity index (χ4n) is 5.29. The predicted molar refractivity (Wildman–Crippen MR) is 103 cm³/mol. The van der Waals surface area contributed by atoms with E-state index in [1.807, 2.05) is 42.5 Å². The molecule has 26 heavy (non-hydrogen) atoms. The Morgan fingerprint density at radius 3 is 2.73 bits per heavy atom. The Morgan fingerprint density at radius 2 is 1.96 bits per heavy atom. The normalized spacial score (nSPS) is 28.0. The molecular weight excluding hydrogens is 322 g/mol. The van der Waals surface area contributed by atoms with Crippen LogP contribution in [0.1, 0.15) is 43.7 Å². The number of amides is 1. The molecule has 2 aliphatic rings. The summed E-state index contributed by atoms with van der Waals surface area (Å²) in [5.41, 5.74) is 2.42. The van der Waals surface area contributed by atoms with Gasteiger partial charge in [-0.3, -0.25) is 4.79 Å². The highest BCUT2D eigenvalue weighted by Crippen LogP contribution is 2.51. The molecule has 1 amide bonds. The molecule has 136 valence electrons. The molecule has 1 saturated heterocycles. The Labute approximate surface area is 155 Å². The Balaban J connectivity index is 1.57. The summed E-state index contributed by atoms with van der Waals surface area (Å²) in [7, 11) is 0. The molecule has 1 aliphatic heterocycles. The molecule has 3 unspecified atom stereocenters. The van der Waals surface area contributed by atoms with Crippen LogP contribution in [0.3, 0.4) is 0 Å². The number of phenols is 1. The highest BCUT2D eigenvalue weighted by molar-refractivity contribution is 5.79. The number of carbonyl (C=O) groups excluding carboxylic acids is 1. The van der Waals surface area contributed by atoms with Gasteiger partial charge in [0.25, 0.3) is 0 Å². The zero-order valence-electron chi connectivity index (χ0n) is 15.4. The topological polar surface area (TPSA) is 40.5 Å². The second kappa shape index (κ2) is 6.79. The van der Waals surface area contributed by atoms with Gasteiger partial charge in [0.15, 0.2) is 0 Å². The van der Waals surface area contributed by atoms with Crippen molar-refractivity contribution in [1.82, 2.24) is 4.90 Å². The first-order valence-corrected chi connectivity index (χ1v) is 9.73. The van der Waals surface area contributed by atoms with Crippen LogP contribution in [0, 0.1) is 5.92 Å². The summed E-state index contributed by atoms with van der Waals surface area (Å²) in [6, 6.07) is 18.1. The molecule has 0 aromatic heterocycles. The van der Waals surface area contributed by atoms with E-state index in [9.17, 15) is 9.90 Å². The highest BCUT2D eigenvalue weighted by Gasteiger charge is 2.50. The maximum atomic E-state index is 13.0. The SMILES string of the molecule is CC1C2CCCC1(c1cccc(O)c1)CCN2C(=O)Cc1ccccc1. The van der Waals surface area contributed by atoms with E-state index in [1.54, 1.807) is 6.07 Å².